The molecule has 6 heteroatoms. The normalized spacial score (nSPS) is 13.8. The number of carbonyl (C=O) groups is 1. The van der Waals surface area contributed by atoms with Crippen LogP contribution in [0.25, 0.3) is 0 Å². The molecule has 2 heterocycles. The Morgan fingerprint density at radius 1 is 1.45 bits per heavy atom. The van der Waals surface area contributed by atoms with Gasteiger partial charge in [0.1, 0.15) is 11.3 Å². The SMILES string of the molecule is Cn1c(C(=O)NCC(C)(O)c2ccsc2)cccc1=O. The highest BCUT2D eigenvalue weighted by Crippen LogP contribution is 2.22. The molecule has 0 saturated heterocycles. The van der Waals surface area contributed by atoms with E-state index in [9.17, 15) is 14.7 Å². The molecule has 0 aliphatic rings. The van der Waals surface area contributed by atoms with Crippen LogP contribution in [0.3, 0.4) is 0 Å². The molecule has 1 unspecified atom stereocenters. The van der Waals surface area contributed by atoms with Crippen molar-refractivity contribution in [3.8, 4) is 0 Å². The van der Waals surface area contributed by atoms with E-state index in [0.717, 1.165) is 5.56 Å². The van der Waals surface area contributed by atoms with Crippen LogP contribution in [-0.4, -0.2) is 22.1 Å². The molecule has 2 rings (SSSR count). The molecule has 1 amide bonds. The molecule has 106 valence electrons. The molecular formula is C14H16N2O3S. The van der Waals surface area contributed by atoms with Crippen molar-refractivity contribution in [2.75, 3.05) is 6.54 Å². The van der Waals surface area contributed by atoms with E-state index >= 15 is 0 Å². The summed E-state index contributed by atoms with van der Waals surface area (Å²) in [7, 11) is 1.54. The summed E-state index contributed by atoms with van der Waals surface area (Å²) in [6.45, 7) is 1.71. The van der Waals surface area contributed by atoms with E-state index in [4.69, 9.17) is 0 Å². The number of hydrogen-bond donors (Lipinski definition) is 2. The molecule has 1 atom stereocenters. The smallest absolute Gasteiger partial charge is 0.268 e. The predicted molar refractivity (Wildman–Crippen MR) is 77.9 cm³/mol. The summed E-state index contributed by atoms with van der Waals surface area (Å²) in [5, 5.41) is 16.7. The Morgan fingerprint density at radius 2 is 2.20 bits per heavy atom. The molecule has 0 saturated carbocycles. The van der Waals surface area contributed by atoms with Crippen molar-refractivity contribution in [3.63, 3.8) is 0 Å². The van der Waals surface area contributed by atoms with E-state index in [-0.39, 0.29) is 23.7 Å². The minimum Gasteiger partial charge on any atom is -0.384 e. The number of carbonyl (C=O) groups excluding carboxylic acids is 1. The van der Waals surface area contributed by atoms with Gasteiger partial charge in [0.2, 0.25) is 0 Å². The number of rotatable bonds is 4. The first-order chi connectivity index (χ1) is 9.42. The van der Waals surface area contributed by atoms with Gasteiger partial charge in [0.15, 0.2) is 0 Å². The van der Waals surface area contributed by atoms with E-state index in [1.807, 2.05) is 16.8 Å². The zero-order valence-electron chi connectivity index (χ0n) is 11.3. The van der Waals surface area contributed by atoms with Crippen molar-refractivity contribution in [2.45, 2.75) is 12.5 Å². The third-order valence-electron chi connectivity index (χ3n) is 3.15. The first-order valence-electron chi connectivity index (χ1n) is 6.11. The lowest BCUT2D eigenvalue weighted by molar-refractivity contribution is 0.0527. The molecule has 2 aromatic rings. The second kappa shape index (κ2) is 5.60. The summed E-state index contributed by atoms with van der Waals surface area (Å²) in [6.07, 6.45) is 0. The highest BCUT2D eigenvalue weighted by molar-refractivity contribution is 7.08. The topological polar surface area (TPSA) is 71.3 Å². The minimum atomic E-state index is -1.14. The molecule has 0 aliphatic heterocycles. The highest BCUT2D eigenvalue weighted by Gasteiger charge is 2.24. The van der Waals surface area contributed by atoms with Crippen LogP contribution in [0.2, 0.25) is 0 Å². The van der Waals surface area contributed by atoms with Gasteiger partial charge in [-0.1, -0.05) is 6.07 Å². The standard InChI is InChI=1S/C14H16N2O3S/c1-14(19,10-6-7-20-8-10)9-15-13(18)11-4-3-5-12(17)16(11)2/h3-8,19H,9H2,1-2H3,(H,15,18). The van der Waals surface area contributed by atoms with Crippen LogP contribution < -0.4 is 10.9 Å². The van der Waals surface area contributed by atoms with E-state index in [2.05, 4.69) is 5.32 Å². The van der Waals surface area contributed by atoms with Crippen molar-refractivity contribution in [1.82, 2.24) is 9.88 Å². The summed E-state index contributed by atoms with van der Waals surface area (Å²) in [6, 6.07) is 6.30. The zero-order chi connectivity index (χ0) is 14.8. The average Bonchev–Trinajstić information content (AvgIpc) is 2.94. The molecule has 0 spiro atoms. The minimum absolute atomic E-state index is 0.0751. The van der Waals surface area contributed by atoms with Gasteiger partial charge in [-0.05, 0) is 35.4 Å². The molecule has 20 heavy (non-hydrogen) atoms. The lowest BCUT2D eigenvalue weighted by Gasteiger charge is -2.23. The first-order valence-corrected chi connectivity index (χ1v) is 7.05. The summed E-state index contributed by atoms with van der Waals surface area (Å²) < 4.78 is 1.27. The quantitative estimate of drug-likeness (QED) is 0.886. The Bertz CT molecular complexity index is 659. The summed E-state index contributed by atoms with van der Waals surface area (Å²) in [4.78, 5) is 23.5. The van der Waals surface area contributed by atoms with E-state index < -0.39 is 5.60 Å². The van der Waals surface area contributed by atoms with Gasteiger partial charge in [-0.25, -0.2) is 0 Å². The van der Waals surface area contributed by atoms with Gasteiger partial charge in [0.25, 0.3) is 11.5 Å². The largest absolute Gasteiger partial charge is 0.384 e. The Hall–Kier alpha value is -1.92. The monoisotopic (exact) mass is 292 g/mol. The Kier molecular flexibility index (Phi) is 4.06. The maximum atomic E-state index is 12.1. The number of nitrogens with one attached hydrogen (secondary N) is 1. The van der Waals surface area contributed by atoms with Gasteiger partial charge >= 0.3 is 0 Å². The fraction of sp³-hybridized carbons (Fsp3) is 0.286. The Balaban J connectivity index is 2.10. The lowest BCUT2D eigenvalue weighted by atomic mass is 9.99. The van der Waals surface area contributed by atoms with Crippen LogP contribution in [0.15, 0.2) is 39.8 Å². The number of thiophene rings is 1. The molecule has 0 aromatic carbocycles. The number of hydrogen-bond acceptors (Lipinski definition) is 4. The van der Waals surface area contributed by atoms with Crippen LogP contribution in [-0.2, 0) is 12.6 Å². The van der Waals surface area contributed by atoms with Crippen LogP contribution >= 0.6 is 11.3 Å². The van der Waals surface area contributed by atoms with Crippen LogP contribution in [0.5, 0.6) is 0 Å². The number of amides is 1. The van der Waals surface area contributed by atoms with Crippen molar-refractivity contribution < 1.29 is 9.90 Å². The molecule has 0 fully saturated rings. The van der Waals surface area contributed by atoms with Gasteiger partial charge in [-0.3, -0.25) is 9.59 Å². The third kappa shape index (κ3) is 2.97. The summed E-state index contributed by atoms with van der Waals surface area (Å²) in [5.74, 6) is -0.388. The molecular weight excluding hydrogens is 276 g/mol. The van der Waals surface area contributed by atoms with E-state index in [1.54, 1.807) is 13.0 Å². The van der Waals surface area contributed by atoms with E-state index in [0.29, 0.717) is 0 Å². The average molecular weight is 292 g/mol. The summed E-state index contributed by atoms with van der Waals surface area (Å²) in [5.41, 5.74) is -0.367. The zero-order valence-corrected chi connectivity index (χ0v) is 12.1. The molecule has 0 bridgehead atoms. The van der Waals surface area contributed by atoms with Gasteiger partial charge in [0, 0.05) is 13.1 Å². The second-order valence-corrected chi connectivity index (χ2v) is 5.56. The van der Waals surface area contributed by atoms with Gasteiger partial charge in [0.05, 0.1) is 6.54 Å². The van der Waals surface area contributed by atoms with Crippen molar-refractivity contribution in [2.24, 2.45) is 7.05 Å². The molecule has 0 aliphatic carbocycles. The summed E-state index contributed by atoms with van der Waals surface area (Å²) >= 11 is 1.48. The number of aliphatic hydroxyl groups is 1. The van der Waals surface area contributed by atoms with Crippen LogP contribution in [0.4, 0.5) is 0 Å². The predicted octanol–water partition coefficient (Wildman–Crippen LogP) is 1.08. The van der Waals surface area contributed by atoms with Crippen molar-refractivity contribution in [3.05, 3.63) is 56.6 Å². The molecule has 5 nitrogen and oxygen atoms in total. The third-order valence-corrected chi connectivity index (χ3v) is 3.84. The molecule has 0 radical (unpaired) electrons. The number of aromatic nitrogens is 1. The van der Waals surface area contributed by atoms with Crippen molar-refractivity contribution in [1.29, 1.82) is 0 Å². The van der Waals surface area contributed by atoms with Crippen molar-refractivity contribution >= 4 is 17.2 Å². The fourth-order valence-electron chi connectivity index (χ4n) is 1.81. The van der Waals surface area contributed by atoms with Gasteiger partial charge in [-0.2, -0.15) is 11.3 Å². The fourth-order valence-corrected chi connectivity index (χ4v) is 2.59. The number of pyridine rings is 1. The molecule has 2 aromatic heterocycles. The second-order valence-electron chi connectivity index (χ2n) is 4.78. The number of nitrogens with zero attached hydrogens (tertiary/aromatic N) is 1. The van der Waals surface area contributed by atoms with Crippen LogP contribution in [0, 0.1) is 0 Å². The van der Waals surface area contributed by atoms with Gasteiger partial charge < -0.3 is 15.0 Å². The highest BCUT2D eigenvalue weighted by atomic mass is 32.1. The maximum absolute atomic E-state index is 12.1. The van der Waals surface area contributed by atoms with Crippen LogP contribution in [0.1, 0.15) is 23.0 Å². The van der Waals surface area contributed by atoms with Gasteiger partial charge in [-0.15, -0.1) is 0 Å². The Morgan fingerprint density at radius 3 is 2.85 bits per heavy atom. The van der Waals surface area contributed by atoms with E-state index in [1.165, 1.54) is 35.1 Å². The molecule has 2 N–H and O–H groups in total. The maximum Gasteiger partial charge on any atom is 0.268 e. The lowest BCUT2D eigenvalue weighted by Crippen LogP contribution is -2.40. The Labute approximate surface area is 120 Å². The first kappa shape index (κ1) is 14.5.